The van der Waals surface area contributed by atoms with Crippen LogP contribution in [0.4, 0.5) is 4.79 Å². The Morgan fingerprint density at radius 3 is 2.52 bits per heavy atom. The number of amides is 1. The van der Waals surface area contributed by atoms with Gasteiger partial charge in [0, 0.05) is 13.1 Å². The van der Waals surface area contributed by atoms with Crippen molar-refractivity contribution >= 4 is 27.2 Å². The molecule has 0 aliphatic carbocycles. The molecular formula is C20H20N2O6S. The molecule has 1 fully saturated rings. The fraction of sp³-hybridized carbons (Fsp3) is 0.300. The number of aryl methyl sites for hydroxylation is 1. The third kappa shape index (κ3) is 3.91. The number of rotatable bonds is 4. The molecule has 0 atom stereocenters. The average molecular weight is 416 g/mol. The van der Waals surface area contributed by atoms with E-state index in [1.807, 2.05) is 19.1 Å². The predicted molar refractivity (Wildman–Crippen MR) is 105 cm³/mol. The summed E-state index contributed by atoms with van der Waals surface area (Å²) in [5.74, 6) is 0.0665. The molecule has 29 heavy (non-hydrogen) atoms. The first-order valence-corrected chi connectivity index (χ1v) is 10.6. The van der Waals surface area contributed by atoms with Crippen molar-refractivity contribution in [2.45, 2.75) is 30.6 Å². The van der Waals surface area contributed by atoms with Crippen molar-refractivity contribution < 1.29 is 27.0 Å². The predicted octanol–water partition coefficient (Wildman–Crippen LogP) is 3.76. The molecule has 1 amide bonds. The topological polar surface area (TPSA) is 110 Å². The van der Waals surface area contributed by atoms with Crippen LogP contribution in [0.15, 0.2) is 51.9 Å². The Morgan fingerprint density at radius 1 is 1.17 bits per heavy atom. The molecule has 0 radical (unpaired) electrons. The molecule has 4 rings (SSSR count). The summed E-state index contributed by atoms with van der Waals surface area (Å²) in [7, 11) is -4.04. The van der Waals surface area contributed by atoms with E-state index in [-0.39, 0.29) is 16.7 Å². The number of hydrogen-bond acceptors (Lipinski definition) is 6. The molecule has 3 aromatic rings. The van der Waals surface area contributed by atoms with E-state index in [0.29, 0.717) is 36.9 Å². The first kappa shape index (κ1) is 19.3. The Kier molecular flexibility index (Phi) is 4.91. The summed E-state index contributed by atoms with van der Waals surface area (Å²) in [4.78, 5) is 12.5. The SMILES string of the molecule is Cc1ccc(S(=O)(=O)Oc2noc3ccc(C4CCN(C(=O)O)CC4)cc23)cc1. The Bertz CT molecular complexity index is 1150. The summed E-state index contributed by atoms with van der Waals surface area (Å²) in [5, 5.41) is 13.3. The molecule has 8 nitrogen and oxygen atoms in total. The minimum Gasteiger partial charge on any atom is -0.465 e. The zero-order valence-corrected chi connectivity index (χ0v) is 16.6. The summed E-state index contributed by atoms with van der Waals surface area (Å²) in [6, 6.07) is 11.8. The molecule has 0 unspecified atom stereocenters. The second-order valence-corrected chi connectivity index (χ2v) is 8.68. The molecule has 2 aromatic carbocycles. The number of benzene rings is 2. The van der Waals surface area contributed by atoms with Crippen LogP contribution in [0.3, 0.4) is 0 Å². The largest absolute Gasteiger partial charge is 0.465 e. The van der Waals surface area contributed by atoms with E-state index in [9.17, 15) is 13.2 Å². The standard InChI is InChI=1S/C20H20N2O6S/c1-13-2-5-16(6-3-13)29(25,26)28-19-17-12-15(4-7-18(17)27-21-19)14-8-10-22(11-9-14)20(23)24/h2-7,12,14H,8-11H2,1H3,(H,23,24). The first-order chi connectivity index (χ1) is 13.8. The van der Waals surface area contributed by atoms with E-state index in [2.05, 4.69) is 5.16 Å². The molecule has 1 saturated heterocycles. The van der Waals surface area contributed by atoms with Crippen LogP contribution in [-0.2, 0) is 10.1 Å². The number of aromatic nitrogens is 1. The lowest BCUT2D eigenvalue weighted by atomic mass is 9.89. The zero-order chi connectivity index (χ0) is 20.6. The van der Waals surface area contributed by atoms with Gasteiger partial charge in [-0.1, -0.05) is 23.8 Å². The molecular weight excluding hydrogens is 396 g/mol. The summed E-state index contributed by atoms with van der Waals surface area (Å²) in [6.45, 7) is 2.80. The van der Waals surface area contributed by atoms with Crippen LogP contribution in [0.25, 0.3) is 11.0 Å². The van der Waals surface area contributed by atoms with E-state index in [4.69, 9.17) is 13.8 Å². The Balaban J connectivity index is 1.59. The van der Waals surface area contributed by atoms with Crippen LogP contribution < -0.4 is 4.18 Å². The maximum Gasteiger partial charge on any atom is 0.407 e. The van der Waals surface area contributed by atoms with E-state index in [1.165, 1.54) is 17.0 Å². The summed E-state index contributed by atoms with van der Waals surface area (Å²) in [6.07, 6.45) is 0.483. The van der Waals surface area contributed by atoms with Gasteiger partial charge in [0.05, 0.1) is 5.39 Å². The second kappa shape index (κ2) is 7.40. The number of fused-ring (bicyclic) bond motifs is 1. The molecule has 1 N–H and O–H groups in total. The highest BCUT2D eigenvalue weighted by molar-refractivity contribution is 7.87. The lowest BCUT2D eigenvalue weighted by Crippen LogP contribution is -2.36. The highest BCUT2D eigenvalue weighted by Gasteiger charge is 2.25. The summed E-state index contributed by atoms with van der Waals surface area (Å²) in [5.41, 5.74) is 2.34. The molecule has 2 heterocycles. The molecule has 9 heteroatoms. The van der Waals surface area contributed by atoms with Gasteiger partial charge < -0.3 is 18.7 Å². The number of piperidine rings is 1. The van der Waals surface area contributed by atoms with Gasteiger partial charge in [-0.3, -0.25) is 0 Å². The van der Waals surface area contributed by atoms with Crippen molar-refractivity contribution in [3.8, 4) is 5.88 Å². The van der Waals surface area contributed by atoms with E-state index >= 15 is 0 Å². The monoisotopic (exact) mass is 416 g/mol. The lowest BCUT2D eigenvalue weighted by Gasteiger charge is -2.30. The quantitative estimate of drug-likeness (QED) is 0.645. The van der Waals surface area contributed by atoms with Crippen LogP contribution in [0, 0.1) is 6.92 Å². The van der Waals surface area contributed by atoms with E-state index in [1.54, 1.807) is 18.2 Å². The molecule has 0 spiro atoms. The lowest BCUT2D eigenvalue weighted by molar-refractivity contribution is 0.132. The molecule has 0 saturated carbocycles. The van der Waals surface area contributed by atoms with E-state index < -0.39 is 16.2 Å². The van der Waals surface area contributed by atoms with Crippen LogP contribution >= 0.6 is 0 Å². The first-order valence-electron chi connectivity index (χ1n) is 9.22. The molecule has 152 valence electrons. The number of nitrogens with zero attached hydrogens (tertiary/aromatic N) is 2. The molecule has 0 bridgehead atoms. The Hall–Kier alpha value is -3.07. The van der Waals surface area contributed by atoms with Gasteiger partial charge in [0.2, 0.25) is 0 Å². The van der Waals surface area contributed by atoms with Crippen molar-refractivity contribution in [1.82, 2.24) is 10.1 Å². The van der Waals surface area contributed by atoms with Gasteiger partial charge in [-0.25, -0.2) is 4.79 Å². The fourth-order valence-corrected chi connectivity index (χ4v) is 4.40. The normalized spacial score (nSPS) is 15.6. The van der Waals surface area contributed by atoms with Crippen LogP contribution in [0.1, 0.15) is 29.9 Å². The average Bonchev–Trinajstić information content (AvgIpc) is 3.10. The van der Waals surface area contributed by atoms with Gasteiger partial charge in [-0.2, -0.15) is 8.42 Å². The minimum atomic E-state index is -4.04. The van der Waals surface area contributed by atoms with Gasteiger partial charge in [0.25, 0.3) is 5.88 Å². The Labute approximate surface area is 167 Å². The molecule has 1 aliphatic rings. The van der Waals surface area contributed by atoms with Gasteiger partial charge in [-0.15, -0.1) is 0 Å². The molecule has 1 aromatic heterocycles. The maximum absolute atomic E-state index is 12.6. The highest BCUT2D eigenvalue weighted by atomic mass is 32.2. The number of likely N-dealkylation sites (tertiary alicyclic amines) is 1. The van der Waals surface area contributed by atoms with Crippen LogP contribution in [0.2, 0.25) is 0 Å². The maximum atomic E-state index is 12.6. The number of hydrogen-bond donors (Lipinski definition) is 1. The smallest absolute Gasteiger partial charge is 0.407 e. The third-order valence-corrected chi connectivity index (χ3v) is 6.42. The minimum absolute atomic E-state index is 0.0384. The Morgan fingerprint density at radius 2 is 1.86 bits per heavy atom. The van der Waals surface area contributed by atoms with Crippen molar-refractivity contribution in [2.24, 2.45) is 0 Å². The number of carboxylic acid groups (broad SMARTS) is 1. The van der Waals surface area contributed by atoms with Crippen molar-refractivity contribution in [2.75, 3.05) is 13.1 Å². The molecule has 1 aliphatic heterocycles. The van der Waals surface area contributed by atoms with Gasteiger partial charge in [0.1, 0.15) is 4.90 Å². The number of carbonyl (C=O) groups is 1. The van der Waals surface area contributed by atoms with E-state index in [0.717, 1.165) is 11.1 Å². The van der Waals surface area contributed by atoms with Gasteiger partial charge >= 0.3 is 16.2 Å². The fourth-order valence-electron chi connectivity index (χ4n) is 3.51. The second-order valence-electron chi connectivity index (χ2n) is 7.14. The van der Waals surface area contributed by atoms with Crippen molar-refractivity contribution in [3.63, 3.8) is 0 Å². The zero-order valence-electron chi connectivity index (χ0n) is 15.7. The van der Waals surface area contributed by atoms with Crippen LogP contribution in [0.5, 0.6) is 5.88 Å². The summed E-state index contributed by atoms with van der Waals surface area (Å²) >= 11 is 0. The van der Waals surface area contributed by atoms with Crippen molar-refractivity contribution in [3.05, 3.63) is 53.6 Å². The van der Waals surface area contributed by atoms with Crippen molar-refractivity contribution in [1.29, 1.82) is 0 Å². The van der Waals surface area contributed by atoms with Crippen LogP contribution in [-0.4, -0.2) is 42.8 Å². The summed E-state index contributed by atoms with van der Waals surface area (Å²) < 4.78 is 35.6. The van der Waals surface area contributed by atoms with Gasteiger partial charge in [0.15, 0.2) is 5.58 Å². The highest BCUT2D eigenvalue weighted by Crippen LogP contribution is 2.34. The van der Waals surface area contributed by atoms with Gasteiger partial charge in [-0.05, 0) is 60.7 Å². The third-order valence-electron chi connectivity index (χ3n) is 5.20.